The summed E-state index contributed by atoms with van der Waals surface area (Å²) in [7, 11) is 0. The number of nitrogens with one attached hydrogen (secondary N) is 1. The number of hydrogen-bond acceptors (Lipinski definition) is 4. The van der Waals surface area contributed by atoms with E-state index < -0.39 is 6.10 Å². The molecule has 5 nitrogen and oxygen atoms in total. The van der Waals surface area contributed by atoms with E-state index in [4.69, 9.17) is 5.11 Å². The molecule has 1 heterocycles. The van der Waals surface area contributed by atoms with E-state index in [2.05, 4.69) is 5.32 Å². The Bertz CT molecular complexity index is 196. The van der Waals surface area contributed by atoms with Gasteiger partial charge in [0.2, 0.25) is 5.91 Å². The fourth-order valence-electron chi connectivity index (χ4n) is 1.49. The first-order valence-electron chi connectivity index (χ1n) is 4.94. The van der Waals surface area contributed by atoms with Crippen molar-refractivity contribution in [2.24, 2.45) is 0 Å². The van der Waals surface area contributed by atoms with E-state index in [-0.39, 0.29) is 18.4 Å². The Balaban J connectivity index is 2.10. The quantitative estimate of drug-likeness (QED) is 0.477. The lowest BCUT2D eigenvalue weighted by Gasteiger charge is -2.16. The molecule has 1 fully saturated rings. The molecule has 1 amide bonds. The Hall–Kier alpha value is -0.650. The van der Waals surface area contributed by atoms with Crippen molar-refractivity contribution < 1.29 is 15.0 Å². The summed E-state index contributed by atoms with van der Waals surface area (Å²) in [6.45, 7) is 3.93. The van der Waals surface area contributed by atoms with Crippen LogP contribution in [0.5, 0.6) is 0 Å². The molecule has 0 aromatic rings. The van der Waals surface area contributed by atoms with Crippen LogP contribution in [0.15, 0.2) is 0 Å². The minimum Gasteiger partial charge on any atom is -0.392 e. The predicted molar refractivity (Wildman–Crippen MR) is 51.8 cm³/mol. The van der Waals surface area contributed by atoms with Crippen LogP contribution < -0.4 is 5.32 Å². The third-order valence-electron chi connectivity index (χ3n) is 2.19. The van der Waals surface area contributed by atoms with Crippen LogP contribution in [0.3, 0.4) is 0 Å². The van der Waals surface area contributed by atoms with E-state index in [1.807, 2.05) is 0 Å². The molecule has 1 saturated heterocycles. The molecule has 1 aliphatic heterocycles. The van der Waals surface area contributed by atoms with Crippen molar-refractivity contribution in [2.75, 3.05) is 26.2 Å². The molecular weight excluding hydrogens is 184 g/mol. The first-order valence-corrected chi connectivity index (χ1v) is 4.94. The monoisotopic (exact) mass is 202 g/mol. The Morgan fingerprint density at radius 1 is 1.71 bits per heavy atom. The van der Waals surface area contributed by atoms with Crippen molar-refractivity contribution in [1.82, 2.24) is 10.2 Å². The molecule has 2 atom stereocenters. The fraction of sp³-hybridized carbons (Fsp3) is 0.889. The second-order valence-electron chi connectivity index (χ2n) is 3.75. The lowest BCUT2D eigenvalue weighted by Crippen LogP contribution is -2.35. The molecule has 0 aromatic carbocycles. The van der Waals surface area contributed by atoms with E-state index in [0.29, 0.717) is 26.2 Å². The van der Waals surface area contributed by atoms with Gasteiger partial charge in [-0.15, -0.1) is 0 Å². The first-order chi connectivity index (χ1) is 6.59. The zero-order valence-corrected chi connectivity index (χ0v) is 8.44. The van der Waals surface area contributed by atoms with Gasteiger partial charge in [-0.25, -0.2) is 0 Å². The molecule has 1 rings (SSSR count). The minimum absolute atomic E-state index is 0.0105. The maximum atomic E-state index is 11.2. The van der Waals surface area contributed by atoms with Crippen LogP contribution in [-0.2, 0) is 4.79 Å². The molecule has 3 N–H and O–H groups in total. The van der Waals surface area contributed by atoms with Gasteiger partial charge >= 0.3 is 0 Å². The lowest BCUT2D eigenvalue weighted by atomic mass is 10.3. The number of β-amino-alcohol motifs (C(OH)–C–C–N with tert-alkyl or cyclic N) is 1. The lowest BCUT2D eigenvalue weighted by molar-refractivity contribution is -0.127. The number of aliphatic hydroxyl groups excluding tert-OH is 2. The van der Waals surface area contributed by atoms with Crippen LogP contribution >= 0.6 is 0 Å². The van der Waals surface area contributed by atoms with E-state index in [0.717, 1.165) is 0 Å². The highest BCUT2D eigenvalue weighted by Gasteiger charge is 2.26. The number of carbonyl (C=O) groups is 1. The van der Waals surface area contributed by atoms with E-state index in [9.17, 15) is 9.90 Å². The van der Waals surface area contributed by atoms with Gasteiger partial charge in [-0.05, 0) is 6.92 Å². The number of amides is 1. The Labute approximate surface area is 83.7 Å². The van der Waals surface area contributed by atoms with Crippen LogP contribution in [0.2, 0.25) is 0 Å². The molecule has 5 heteroatoms. The van der Waals surface area contributed by atoms with Crippen LogP contribution in [-0.4, -0.2) is 59.4 Å². The first kappa shape index (κ1) is 11.4. The van der Waals surface area contributed by atoms with Gasteiger partial charge in [0.15, 0.2) is 0 Å². The molecule has 82 valence electrons. The van der Waals surface area contributed by atoms with Crippen LogP contribution in [0.25, 0.3) is 0 Å². The Morgan fingerprint density at radius 3 is 2.93 bits per heavy atom. The second-order valence-corrected chi connectivity index (χ2v) is 3.75. The molecule has 0 saturated carbocycles. The van der Waals surface area contributed by atoms with Gasteiger partial charge in [-0.3, -0.25) is 4.79 Å². The molecular formula is C9H18N2O3. The Kier molecular flexibility index (Phi) is 4.31. The van der Waals surface area contributed by atoms with Gasteiger partial charge in [0.1, 0.15) is 0 Å². The van der Waals surface area contributed by atoms with Crippen molar-refractivity contribution in [3.63, 3.8) is 0 Å². The molecule has 0 bridgehead atoms. The second kappa shape index (κ2) is 5.29. The summed E-state index contributed by atoms with van der Waals surface area (Å²) >= 11 is 0. The predicted octanol–water partition coefficient (Wildman–Crippen LogP) is -1.45. The zero-order chi connectivity index (χ0) is 10.6. The van der Waals surface area contributed by atoms with Gasteiger partial charge in [-0.1, -0.05) is 0 Å². The van der Waals surface area contributed by atoms with Crippen molar-refractivity contribution in [3.05, 3.63) is 0 Å². The van der Waals surface area contributed by atoms with E-state index in [1.54, 1.807) is 11.8 Å². The van der Waals surface area contributed by atoms with Gasteiger partial charge in [0.05, 0.1) is 18.6 Å². The summed E-state index contributed by atoms with van der Waals surface area (Å²) < 4.78 is 0. The highest BCUT2D eigenvalue weighted by Crippen LogP contribution is 2.09. The summed E-state index contributed by atoms with van der Waals surface area (Å²) in [6, 6.07) is 0. The van der Waals surface area contributed by atoms with Crippen molar-refractivity contribution in [2.45, 2.75) is 25.6 Å². The summed E-state index contributed by atoms with van der Waals surface area (Å²) in [5, 5.41) is 21.2. The highest BCUT2D eigenvalue weighted by atomic mass is 16.3. The minimum atomic E-state index is -0.501. The van der Waals surface area contributed by atoms with Gasteiger partial charge in [0.25, 0.3) is 0 Å². The standard InChI is InChI=1S/C9H18N2O3/c1-7(12)5-10-2-3-11-6-8(13)4-9(11)14/h7-8,10,12-13H,2-6H2,1H3. The van der Waals surface area contributed by atoms with Crippen molar-refractivity contribution >= 4 is 5.91 Å². The summed E-state index contributed by atoms with van der Waals surface area (Å²) in [6.07, 6.45) is -0.620. The zero-order valence-electron chi connectivity index (χ0n) is 8.44. The van der Waals surface area contributed by atoms with E-state index in [1.165, 1.54) is 0 Å². The number of nitrogens with zero attached hydrogens (tertiary/aromatic N) is 1. The topological polar surface area (TPSA) is 72.8 Å². The molecule has 0 radical (unpaired) electrons. The largest absolute Gasteiger partial charge is 0.392 e. The Morgan fingerprint density at radius 2 is 2.43 bits per heavy atom. The molecule has 14 heavy (non-hydrogen) atoms. The van der Waals surface area contributed by atoms with Crippen molar-refractivity contribution in [1.29, 1.82) is 0 Å². The van der Waals surface area contributed by atoms with E-state index >= 15 is 0 Å². The maximum Gasteiger partial charge on any atom is 0.225 e. The maximum absolute atomic E-state index is 11.2. The van der Waals surface area contributed by atoms with Crippen LogP contribution in [0, 0.1) is 0 Å². The SMILES string of the molecule is CC(O)CNCCN1CC(O)CC1=O. The molecule has 0 spiro atoms. The molecule has 1 aliphatic rings. The van der Waals surface area contributed by atoms with Crippen molar-refractivity contribution in [3.8, 4) is 0 Å². The number of hydrogen-bond donors (Lipinski definition) is 3. The smallest absolute Gasteiger partial charge is 0.225 e. The highest BCUT2D eigenvalue weighted by molar-refractivity contribution is 5.78. The number of carbonyl (C=O) groups excluding carboxylic acids is 1. The van der Waals surface area contributed by atoms with Crippen LogP contribution in [0.4, 0.5) is 0 Å². The number of aliphatic hydroxyl groups is 2. The normalized spacial score (nSPS) is 24.4. The van der Waals surface area contributed by atoms with Crippen LogP contribution in [0.1, 0.15) is 13.3 Å². The average Bonchev–Trinajstić information content (AvgIpc) is 2.39. The van der Waals surface area contributed by atoms with Gasteiger partial charge < -0.3 is 20.4 Å². The van der Waals surface area contributed by atoms with Gasteiger partial charge in [0, 0.05) is 26.2 Å². The summed E-state index contributed by atoms with van der Waals surface area (Å²) in [4.78, 5) is 12.8. The summed E-state index contributed by atoms with van der Waals surface area (Å²) in [5.41, 5.74) is 0. The van der Waals surface area contributed by atoms with Gasteiger partial charge in [-0.2, -0.15) is 0 Å². The molecule has 0 aromatic heterocycles. The summed E-state index contributed by atoms with van der Waals surface area (Å²) in [5.74, 6) is 0.0105. The molecule has 0 aliphatic carbocycles. The fourth-order valence-corrected chi connectivity index (χ4v) is 1.49. The number of likely N-dealkylation sites (tertiary alicyclic amines) is 1. The third kappa shape index (κ3) is 3.61. The average molecular weight is 202 g/mol. The third-order valence-corrected chi connectivity index (χ3v) is 2.19. The molecule has 2 unspecified atom stereocenters. The number of rotatable bonds is 5.